The second kappa shape index (κ2) is 13.2. The van der Waals surface area contributed by atoms with Gasteiger partial charge in [-0.05, 0) is 54.6 Å². The normalized spacial score (nSPS) is 8.84. The molecule has 0 saturated carbocycles. The molecule has 3 aromatic rings. The van der Waals surface area contributed by atoms with E-state index in [-0.39, 0.29) is 5.75 Å². The summed E-state index contributed by atoms with van der Waals surface area (Å²) in [5.74, 6) is 0.641. The SMILES string of the molecule is [C-]#[N+]c1cc(Cl)cc(Cl)c1.[C-]#[N+]c1cc(Cl)cc(OC)c1.[C-]#[N+]c1cc(O)cc(Cl)c1. The number of aromatic hydroxyl groups is 1. The summed E-state index contributed by atoms with van der Waals surface area (Å²) in [6.45, 7) is 20.0. The van der Waals surface area contributed by atoms with E-state index >= 15 is 0 Å². The molecule has 0 aliphatic rings. The Balaban J connectivity index is 0.000000233. The molecule has 3 aromatic carbocycles. The molecule has 1 N–H and O–H groups in total. The Hall–Kier alpha value is -3.11. The van der Waals surface area contributed by atoms with E-state index in [2.05, 4.69) is 14.5 Å². The molecule has 0 bridgehead atoms. The molecule has 0 spiro atoms. The van der Waals surface area contributed by atoms with Crippen LogP contribution in [-0.4, -0.2) is 12.2 Å². The van der Waals surface area contributed by atoms with Crippen LogP contribution in [0.3, 0.4) is 0 Å². The molecule has 31 heavy (non-hydrogen) atoms. The fourth-order valence-corrected chi connectivity index (χ4v) is 2.92. The molecule has 3 rings (SSSR count). The number of phenols is 1. The molecule has 156 valence electrons. The van der Waals surface area contributed by atoms with E-state index in [1.807, 2.05) is 0 Å². The molecule has 0 heterocycles. The molecule has 0 unspecified atom stereocenters. The van der Waals surface area contributed by atoms with E-state index in [0.717, 1.165) is 0 Å². The van der Waals surface area contributed by atoms with Crippen LogP contribution in [0, 0.1) is 19.7 Å². The molecule has 0 amide bonds. The number of nitrogens with zero attached hydrogens (tertiary/aromatic N) is 3. The van der Waals surface area contributed by atoms with Crippen LogP contribution in [0.2, 0.25) is 20.1 Å². The molecule has 0 radical (unpaired) electrons. The highest BCUT2D eigenvalue weighted by molar-refractivity contribution is 6.35. The number of halogens is 4. The lowest BCUT2D eigenvalue weighted by Gasteiger charge is -1.99. The zero-order chi connectivity index (χ0) is 23.4. The minimum Gasteiger partial charge on any atom is -0.509 e. The molecule has 9 heteroatoms. The van der Waals surface area contributed by atoms with Gasteiger partial charge in [0.05, 0.1) is 26.8 Å². The standard InChI is InChI=1S/C8H6ClNO.C7H3Cl2N.C7H4ClNO/c1-10-7-3-6(9)4-8(5-7)11-2;1-10-7-3-5(8)2-6(9)4-7;1-9-6-2-5(8)3-7(10)4-6/h3-5H,2H3;2-4H;2-4,10H. The van der Waals surface area contributed by atoms with Crippen molar-refractivity contribution in [3.63, 3.8) is 0 Å². The Morgan fingerprint density at radius 2 is 1.00 bits per heavy atom. The number of methoxy groups -OCH3 is 1. The average Bonchev–Trinajstić information content (AvgIpc) is 2.72. The zero-order valence-corrected chi connectivity index (χ0v) is 18.9. The van der Waals surface area contributed by atoms with E-state index in [1.54, 1.807) is 43.5 Å². The zero-order valence-electron chi connectivity index (χ0n) is 15.9. The van der Waals surface area contributed by atoms with E-state index < -0.39 is 0 Å². The third kappa shape index (κ3) is 9.96. The third-order valence-electron chi connectivity index (χ3n) is 3.19. The van der Waals surface area contributed by atoms with E-state index in [4.69, 9.17) is 76.0 Å². The Morgan fingerprint density at radius 1 is 0.613 bits per heavy atom. The van der Waals surface area contributed by atoms with Crippen molar-refractivity contribution in [3.8, 4) is 11.5 Å². The summed E-state index contributed by atoms with van der Waals surface area (Å²) in [7, 11) is 1.54. The molecule has 0 aliphatic carbocycles. The maximum absolute atomic E-state index is 8.90. The molecular weight excluding hydrogens is 480 g/mol. The van der Waals surface area contributed by atoms with Crippen LogP contribution in [0.1, 0.15) is 0 Å². The second-order valence-corrected chi connectivity index (χ2v) is 7.23. The number of rotatable bonds is 1. The fourth-order valence-electron chi connectivity index (χ4n) is 1.96. The molecule has 0 atom stereocenters. The summed E-state index contributed by atoms with van der Waals surface area (Å²) in [5, 5.41) is 10.8. The van der Waals surface area contributed by atoms with Crippen LogP contribution < -0.4 is 4.74 Å². The largest absolute Gasteiger partial charge is 0.509 e. The molecule has 0 aromatic heterocycles. The lowest BCUT2D eigenvalue weighted by atomic mass is 10.3. The predicted molar refractivity (Wildman–Crippen MR) is 126 cm³/mol. The van der Waals surface area contributed by atoms with Crippen molar-refractivity contribution >= 4 is 63.5 Å². The van der Waals surface area contributed by atoms with Gasteiger partial charge in [0, 0.05) is 20.1 Å². The lowest BCUT2D eigenvalue weighted by Crippen LogP contribution is -1.80. The third-order valence-corrected chi connectivity index (χ3v) is 4.07. The van der Waals surface area contributed by atoms with Crippen molar-refractivity contribution in [2.24, 2.45) is 0 Å². The molecular formula is C22H13Cl4N3O2. The first-order chi connectivity index (χ1) is 14.7. The Labute approximate surface area is 200 Å². The van der Waals surface area contributed by atoms with Gasteiger partial charge in [-0.1, -0.05) is 46.4 Å². The highest BCUT2D eigenvalue weighted by atomic mass is 35.5. The Morgan fingerprint density at radius 3 is 1.42 bits per heavy atom. The van der Waals surface area contributed by atoms with Crippen LogP contribution in [0.25, 0.3) is 14.5 Å². The van der Waals surface area contributed by atoms with Crippen LogP contribution in [0.5, 0.6) is 11.5 Å². The highest BCUT2D eigenvalue weighted by Gasteiger charge is 1.98. The molecule has 0 fully saturated rings. The van der Waals surface area contributed by atoms with Gasteiger partial charge in [-0.15, -0.1) is 0 Å². The van der Waals surface area contributed by atoms with Gasteiger partial charge in [0.15, 0.2) is 17.1 Å². The van der Waals surface area contributed by atoms with Gasteiger partial charge in [0.2, 0.25) is 0 Å². The second-order valence-electron chi connectivity index (χ2n) is 5.48. The summed E-state index contributed by atoms with van der Waals surface area (Å²) < 4.78 is 4.91. The van der Waals surface area contributed by atoms with Crippen molar-refractivity contribution in [2.75, 3.05) is 7.11 Å². The van der Waals surface area contributed by atoms with Crippen LogP contribution in [-0.2, 0) is 0 Å². The minimum absolute atomic E-state index is 0.0264. The highest BCUT2D eigenvalue weighted by Crippen LogP contribution is 2.26. The maximum Gasteiger partial charge on any atom is 0.192 e. The molecule has 5 nitrogen and oxygen atoms in total. The monoisotopic (exact) mass is 491 g/mol. The first kappa shape index (κ1) is 25.9. The van der Waals surface area contributed by atoms with Crippen LogP contribution >= 0.6 is 46.4 Å². The van der Waals surface area contributed by atoms with Crippen molar-refractivity contribution < 1.29 is 9.84 Å². The fraction of sp³-hybridized carbons (Fsp3) is 0.0455. The quantitative estimate of drug-likeness (QED) is 0.344. The van der Waals surface area contributed by atoms with Gasteiger partial charge in [-0.3, -0.25) is 0 Å². The number of ether oxygens (including phenoxy) is 1. The number of phenolic OH excluding ortho intramolecular Hbond substituents is 1. The lowest BCUT2D eigenvalue weighted by molar-refractivity contribution is 0.415. The van der Waals surface area contributed by atoms with Gasteiger partial charge >= 0.3 is 0 Å². The van der Waals surface area contributed by atoms with Crippen molar-refractivity contribution in [2.45, 2.75) is 0 Å². The average molecular weight is 493 g/mol. The van der Waals surface area contributed by atoms with Gasteiger partial charge in [0.25, 0.3) is 0 Å². The van der Waals surface area contributed by atoms with Gasteiger partial charge < -0.3 is 9.84 Å². The summed E-state index contributed by atoms with van der Waals surface area (Å²) in [5.41, 5.74) is 1.32. The van der Waals surface area contributed by atoms with Crippen molar-refractivity contribution in [1.29, 1.82) is 0 Å². The summed E-state index contributed by atoms with van der Waals surface area (Å²) in [6, 6.07) is 13.9. The Bertz CT molecular complexity index is 1080. The van der Waals surface area contributed by atoms with Gasteiger partial charge in [0.1, 0.15) is 11.5 Å². The Kier molecular flexibility index (Phi) is 11.1. The molecule has 0 saturated heterocycles. The predicted octanol–water partition coefficient (Wildman–Crippen LogP) is 9.04. The summed E-state index contributed by atoms with van der Waals surface area (Å²) >= 11 is 22.4. The van der Waals surface area contributed by atoms with Gasteiger partial charge in [-0.25, -0.2) is 14.5 Å². The number of hydrogen-bond acceptors (Lipinski definition) is 2. The number of benzene rings is 3. The van der Waals surface area contributed by atoms with E-state index in [0.29, 0.717) is 42.9 Å². The minimum atomic E-state index is 0.0264. The number of hydrogen-bond donors (Lipinski definition) is 1. The van der Waals surface area contributed by atoms with Crippen LogP contribution in [0.4, 0.5) is 17.1 Å². The van der Waals surface area contributed by atoms with Crippen molar-refractivity contribution in [3.05, 3.63) is 109 Å². The van der Waals surface area contributed by atoms with Gasteiger partial charge in [-0.2, -0.15) is 0 Å². The first-order valence-electron chi connectivity index (χ1n) is 8.13. The molecule has 0 aliphatic heterocycles. The first-order valence-corrected chi connectivity index (χ1v) is 9.64. The van der Waals surface area contributed by atoms with Crippen LogP contribution in [0.15, 0.2) is 54.6 Å². The van der Waals surface area contributed by atoms with E-state index in [1.165, 1.54) is 18.2 Å². The topological polar surface area (TPSA) is 42.5 Å². The maximum atomic E-state index is 8.90. The summed E-state index contributed by atoms with van der Waals surface area (Å²) in [6.07, 6.45) is 0. The van der Waals surface area contributed by atoms with Crippen molar-refractivity contribution in [1.82, 2.24) is 0 Å². The van der Waals surface area contributed by atoms with E-state index in [9.17, 15) is 0 Å². The smallest absolute Gasteiger partial charge is 0.192 e. The summed E-state index contributed by atoms with van der Waals surface area (Å²) in [4.78, 5) is 9.50.